The zero-order chi connectivity index (χ0) is 14.7. The van der Waals surface area contributed by atoms with Crippen molar-refractivity contribution in [3.63, 3.8) is 0 Å². The minimum absolute atomic E-state index is 0.0858. The van der Waals surface area contributed by atoms with Crippen LogP contribution in [-0.2, 0) is 4.57 Å². The van der Waals surface area contributed by atoms with Crippen LogP contribution in [0.15, 0.2) is 60.7 Å². The van der Waals surface area contributed by atoms with E-state index in [9.17, 15) is 4.57 Å². The van der Waals surface area contributed by atoms with E-state index < -0.39 is 11.5 Å². The molecule has 0 spiro atoms. The molecule has 0 bridgehead atoms. The van der Waals surface area contributed by atoms with Crippen molar-refractivity contribution in [2.24, 2.45) is 0 Å². The van der Waals surface area contributed by atoms with E-state index >= 15 is 0 Å². The van der Waals surface area contributed by atoms with Gasteiger partial charge in [0.15, 0.2) is 0 Å². The third-order valence-corrected chi connectivity index (χ3v) is 9.63. The smallest absolute Gasteiger partial charge is 0.359 e. The number of hydrogen-bond donors (Lipinski definition) is 0. The van der Waals surface area contributed by atoms with Gasteiger partial charge in [-0.15, -0.1) is 0 Å². The minimum atomic E-state index is -2.90. The van der Waals surface area contributed by atoms with Crippen molar-refractivity contribution in [1.82, 2.24) is 0 Å². The van der Waals surface area contributed by atoms with Crippen LogP contribution in [0, 0.1) is 0 Å². The third-order valence-electron chi connectivity index (χ3n) is 2.95. The van der Waals surface area contributed by atoms with Crippen molar-refractivity contribution in [2.45, 2.75) is 5.92 Å². The monoisotopic (exact) mass is 323 g/mol. The van der Waals surface area contributed by atoms with Crippen molar-refractivity contribution in [3.8, 4) is 5.75 Å². The summed E-state index contributed by atoms with van der Waals surface area (Å²) in [4.78, 5) is 0. The Morgan fingerprint density at radius 1 is 1.05 bits per heavy atom. The molecule has 1 fully saturated rings. The van der Waals surface area contributed by atoms with Crippen LogP contribution in [0.25, 0.3) is 0 Å². The lowest BCUT2D eigenvalue weighted by molar-refractivity contribution is 0.514. The fraction of sp³-hybridized carbons (Fsp3) is 0.200. The lowest BCUT2D eigenvalue weighted by atomic mass is 10.0. The fourth-order valence-corrected chi connectivity index (χ4v) is 8.21. The highest BCUT2D eigenvalue weighted by Crippen LogP contribution is 2.72. The third kappa shape index (κ3) is 3.43. The van der Waals surface area contributed by atoms with Gasteiger partial charge in [-0.25, -0.2) is 0 Å². The molecule has 2 nitrogen and oxygen atoms in total. The first-order valence-electron chi connectivity index (χ1n) is 6.89. The van der Waals surface area contributed by atoms with Crippen molar-refractivity contribution < 1.29 is 10.5 Å². The maximum atomic E-state index is 12.8. The zero-order valence-corrected chi connectivity index (χ0v) is 13.2. The van der Waals surface area contributed by atoms with Crippen molar-refractivity contribution >= 4 is 28.5 Å². The first kappa shape index (κ1) is 12.9. The van der Waals surface area contributed by atoms with Gasteiger partial charge in [0.05, 0.1) is 0 Å². The molecule has 0 aromatic heterocycles. The zero-order valence-electron chi connectivity index (χ0n) is 11.7. The molecule has 3 atom stereocenters. The molecule has 2 aromatic carbocycles. The van der Waals surface area contributed by atoms with Gasteiger partial charge in [0.2, 0.25) is 0 Å². The van der Waals surface area contributed by atoms with Crippen LogP contribution in [0.1, 0.15) is 12.9 Å². The molecule has 3 unspecified atom stereocenters. The molecule has 3 rings (SSSR count). The summed E-state index contributed by atoms with van der Waals surface area (Å²) in [6.45, 7) is 0. The summed E-state index contributed by atoms with van der Waals surface area (Å²) in [5.74, 6) is -1.57. The van der Waals surface area contributed by atoms with E-state index in [4.69, 9.17) is 5.89 Å². The molecular formula is C15H15O2PS2. The highest BCUT2D eigenvalue weighted by molar-refractivity contribution is 8.89. The molecule has 1 aliphatic rings. The molecule has 1 aliphatic heterocycles. The van der Waals surface area contributed by atoms with Gasteiger partial charge in [-0.2, -0.15) is 0 Å². The Balaban J connectivity index is 1.72. The van der Waals surface area contributed by atoms with Gasteiger partial charge >= 0.3 is 5.77 Å². The van der Waals surface area contributed by atoms with Crippen LogP contribution in [0.3, 0.4) is 0 Å². The van der Waals surface area contributed by atoms with Gasteiger partial charge in [-0.3, -0.25) is 4.57 Å². The molecule has 5 heteroatoms. The van der Waals surface area contributed by atoms with Gasteiger partial charge in [0.25, 0.3) is 0 Å². The number of rotatable bonds is 3. The molecule has 0 N–H and O–H groups in total. The second-order valence-electron chi connectivity index (χ2n) is 4.41. The number of para-hydroxylation sites is 1. The van der Waals surface area contributed by atoms with E-state index in [1.807, 2.05) is 48.5 Å². The summed E-state index contributed by atoms with van der Waals surface area (Å²) in [5.41, 5.74) is 0.659. The summed E-state index contributed by atoms with van der Waals surface area (Å²) >= 11 is 2.49. The van der Waals surface area contributed by atoms with Crippen LogP contribution < -0.4 is 4.52 Å². The van der Waals surface area contributed by atoms with E-state index in [1.54, 1.807) is 12.1 Å². The highest BCUT2D eigenvalue weighted by atomic mass is 33.1. The second kappa shape index (κ2) is 6.30. The lowest BCUT2D eigenvalue weighted by Gasteiger charge is -2.27. The summed E-state index contributed by atoms with van der Waals surface area (Å²) in [6, 6.07) is 19.2. The van der Waals surface area contributed by atoms with Gasteiger partial charge in [0.1, 0.15) is 5.75 Å². The maximum absolute atomic E-state index is 12.8. The largest absolute Gasteiger partial charge is 0.429 e. The predicted molar refractivity (Wildman–Crippen MR) is 88.8 cm³/mol. The Hall–Kier alpha value is -0.830. The summed E-state index contributed by atoms with van der Waals surface area (Å²) in [7, 11) is 0. The minimum Gasteiger partial charge on any atom is -0.429 e. The Morgan fingerprint density at radius 3 is 2.35 bits per heavy atom. The topological polar surface area (TPSA) is 26.3 Å². The Morgan fingerprint density at radius 2 is 1.70 bits per heavy atom. The van der Waals surface area contributed by atoms with Crippen LogP contribution >= 0.6 is 28.5 Å². The first-order valence-corrected chi connectivity index (χ1v) is 11.0. The molecule has 0 amide bonds. The van der Waals surface area contributed by atoms with E-state index in [-0.39, 0.29) is 5.92 Å². The molecule has 0 saturated carbocycles. The normalized spacial score (nSPS) is 30.5. The standard InChI is InChI=1S/C15H15O2PS2/c16-18(17-15-9-5-2-6-10-15)19-11-14(12-20-18)13-7-3-1-4-8-13/h1-10,14H,11-12H2/i11D. The lowest BCUT2D eigenvalue weighted by Crippen LogP contribution is -2.09. The van der Waals surface area contributed by atoms with E-state index in [2.05, 4.69) is 0 Å². The van der Waals surface area contributed by atoms with Crippen LogP contribution in [0.4, 0.5) is 0 Å². The van der Waals surface area contributed by atoms with Crippen LogP contribution in [0.2, 0.25) is 0 Å². The summed E-state index contributed by atoms with van der Waals surface area (Å²) in [6.07, 6.45) is 0. The SMILES string of the molecule is [2H]C1SP(=O)(Oc2ccccc2)SCC1c1ccccc1. The molecule has 1 heterocycles. The fourth-order valence-electron chi connectivity index (χ4n) is 1.92. The van der Waals surface area contributed by atoms with Crippen molar-refractivity contribution in [2.75, 3.05) is 11.5 Å². The maximum Gasteiger partial charge on any atom is 0.359 e. The van der Waals surface area contributed by atoms with Gasteiger partial charge < -0.3 is 4.52 Å². The Labute approximate surface area is 128 Å². The van der Waals surface area contributed by atoms with Gasteiger partial charge in [-0.1, -0.05) is 48.5 Å². The molecule has 20 heavy (non-hydrogen) atoms. The summed E-state index contributed by atoms with van der Waals surface area (Å²) < 4.78 is 26.7. The first-order chi connectivity index (χ1) is 10.2. The molecular weight excluding hydrogens is 307 g/mol. The Bertz CT molecular complexity index is 639. The van der Waals surface area contributed by atoms with Crippen LogP contribution in [0.5, 0.6) is 5.75 Å². The van der Waals surface area contributed by atoms with Crippen LogP contribution in [-0.4, -0.2) is 11.5 Å². The van der Waals surface area contributed by atoms with E-state index in [1.165, 1.54) is 11.4 Å². The second-order valence-corrected chi connectivity index (χ2v) is 11.5. The Kier molecular flexibility index (Phi) is 4.05. The quantitative estimate of drug-likeness (QED) is 0.703. The molecule has 1 saturated heterocycles. The van der Waals surface area contributed by atoms with Gasteiger partial charge in [0, 0.05) is 18.8 Å². The molecule has 2 aromatic rings. The van der Waals surface area contributed by atoms with Gasteiger partial charge in [-0.05, 0) is 40.5 Å². The molecule has 0 aliphatic carbocycles. The molecule has 104 valence electrons. The number of benzene rings is 2. The van der Waals surface area contributed by atoms with Crippen molar-refractivity contribution in [1.29, 1.82) is 0 Å². The highest BCUT2D eigenvalue weighted by Gasteiger charge is 2.34. The van der Waals surface area contributed by atoms with E-state index in [0.717, 1.165) is 16.9 Å². The summed E-state index contributed by atoms with van der Waals surface area (Å²) in [5, 5.41) is 0. The average molecular weight is 323 g/mol. The van der Waals surface area contributed by atoms with E-state index in [0.29, 0.717) is 11.5 Å². The predicted octanol–water partition coefficient (Wildman–Crippen LogP) is 5.44. The average Bonchev–Trinajstić information content (AvgIpc) is 2.49. The van der Waals surface area contributed by atoms with Crippen molar-refractivity contribution in [3.05, 3.63) is 66.2 Å². The number of hydrogen-bond acceptors (Lipinski definition) is 4. The molecule has 0 radical (unpaired) electrons.